The highest BCUT2D eigenvalue weighted by Gasteiger charge is 2.33. The SMILES string of the molecule is CNC[C@H]1CCCN(S(=O)(=O)c2c(C)sc3ccccc23)C1. The van der Waals surface area contributed by atoms with Gasteiger partial charge >= 0.3 is 0 Å². The van der Waals surface area contributed by atoms with Gasteiger partial charge in [-0.3, -0.25) is 0 Å². The third-order valence-corrected chi connectivity index (χ3v) is 7.56. The number of thiophene rings is 1. The highest BCUT2D eigenvalue weighted by Crippen LogP contribution is 2.36. The largest absolute Gasteiger partial charge is 0.319 e. The van der Waals surface area contributed by atoms with Crippen molar-refractivity contribution in [2.24, 2.45) is 5.92 Å². The first-order valence-corrected chi connectivity index (χ1v) is 9.92. The fraction of sp³-hybridized carbons (Fsp3) is 0.500. The van der Waals surface area contributed by atoms with E-state index in [4.69, 9.17) is 0 Å². The number of benzene rings is 1. The van der Waals surface area contributed by atoms with Crippen LogP contribution in [0.25, 0.3) is 10.1 Å². The summed E-state index contributed by atoms with van der Waals surface area (Å²) in [6.45, 7) is 4.03. The van der Waals surface area contributed by atoms with Crippen LogP contribution in [0.2, 0.25) is 0 Å². The average Bonchev–Trinajstić information content (AvgIpc) is 2.84. The predicted molar refractivity (Wildman–Crippen MR) is 92.0 cm³/mol. The number of piperidine rings is 1. The van der Waals surface area contributed by atoms with Gasteiger partial charge in [0.25, 0.3) is 0 Å². The highest BCUT2D eigenvalue weighted by molar-refractivity contribution is 7.89. The molecule has 1 aromatic heterocycles. The minimum absolute atomic E-state index is 0.402. The summed E-state index contributed by atoms with van der Waals surface area (Å²) in [4.78, 5) is 1.40. The maximum Gasteiger partial charge on any atom is 0.244 e. The summed E-state index contributed by atoms with van der Waals surface area (Å²) >= 11 is 1.56. The molecule has 2 heterocycles. The average molecular weight is 338 g/mol. The quantitative estimate of drug-likeness (QED) is 0.932. The molecule has 2 aromatic rings. The molecule has 0 bridgehead atoms. The van der Waals surface area contributed by atoms with Crippen LogP contribution in [0.1, 0.15) is 17.7 Å². The van der Waals surface area contributed by atoms with Gasteiger partial charge in [0.1, 0.15) is 4.90 Å². The molecule has 1 atom stereocenters. The second-order valence-corrected chi connectivity index (χ2v) is 9.04. The molecule has 1 aliphatic heterocycles. The Morgan fingerprint density at radius 1 is 1.36 bits per heavy atom. The van der Waals surface area contributed by atoms with Crippen LogP contribution in [0.15, 0.2) is 29.2 Å². The third kappa shape index (κ3) is 2.80. The van der Waals surface area contributed by atoms with E-state index in [0.717, 1.165) is 34.3 Å². The Kier molecular flexibility index (Phi) is 4.54. The molecule has 0 aliphatic carbocycles. The smallest absolute Gasteiger partial charge is 0.244 e. The van der Waals surface area contributed by atoms with E-state index in [2.05, 4.69) is 5.32 Å². The van der Waals surface area contributed by atoms with Crippen molar-refractivity contribution >= 4 is 31.4 Å². The van der Waals surface area contributed by atoms with Gasteiger partial charge in [-0.2, -0.15) is 4.31 Å². The van der Waals surface area contributed by atoms with Crippen molar-refractivity contribution in [2.75, 3.05) is 26.7 Å². The number of hydrogen-bond acceptors (Lipinski definition) is 4. The van der Waals surface area contributed by atoms with Crippen molar-refractivity contribution in [3.05, 3.63) is 29.1 Å². The minimum Gasteiger partial charge on any atom is -0.319 e. The number of fused-ring (bicyclic) bond motifs is 1. The van der Waals surface area contributed by atoms with Crippen molar-refractivity contribution < 1.29 is 8.42 Å². The molecule has 6 heteroatoms. The number of rotatable bonds is 4. The molecule has 4 nitrogen and oxygen atoms in total. The van der Waals surface area contributed by atoms with Gasteiger partial charge in [0.15, 0.2) is 0 Å². The number of nitrogens with zero attached hydrogens (tertiary/aromatic N) is 1. The van der Waals surface area contributed by atoms with Crippen molar-refractivity contribution in [1.29, 1.82) is 0 Å². The van der Waals surface area contributed by atoms with Gasteiger partial charge in [-0.25, -0.2) is 8.42 Å². The lowest BCUT2D eigenvalue weighted by Crippen LogP contribution is -2.42. The van der Waals surface area contributed by atoms with Crippen LogP contribution in [0.3, 0.4) is 0 Å². The van der Waals surface area contributed by atoms with Crippen molar-refractivity contribution in [3.8, 4) is 0 Å². The molecule has 3 rings (SSSR count). The molecule has 22 heavy (non-hydrogen) atoms. The molecular weight excluding hydrogens is 316 g/mol. The summed E-state index contributed by atoms with van der Waals surface area (Å²) in [5.41, 5.74) is 0. The maximum atomic E-state index is 13.1. The van der Waals surface area contributed by atoms with Gasteiger partial charge in [-0.05, 0) is 45.3 Å². The van der Waals surface area contributed by atoms with Crippen molar-refractivity contribution in [1.82, 2.24) is 9.62 Å². The summed E-state index contributed by atoms with van der Waals surface area (Å²) in [7, 11) is -1.49. The zero-order valence-electron chi connectivity index (χ0n) is 13.0. The first-order chi connectivity index (χ1) is 10.5. The molecule has 0 saturated carbocycles. The molecule has 1 N–H and O–H groups in total. The second-order valence-electron chi connectivity index (χ2n) is 5.91. The van der Waals surface area contributed by atoms with E-state index in [9.17, 15) is 8.42 Å². The predicted octanol–water partition coefficient (Wildman–Crippen LogP) is 2.83. The second kappa shape index (κ2) is 6.28. The zero-order chi connectivity index (χ0) is 15.7. The van der Waals surface area contributed by atoms with Crippen molar-refractivity contribution in [3.63, 3.8) is 0 Å². The van der Waals surface area contributed by atoms with E-state index in [-0.39, 0.29) is 0 Å². The van der Waals surface area contributed by atoms with Crippen LogP contribution < -0.4 is 5.32 Å². The van der Waals surface area contributed by atoms with Gasteiger partial charge in [-0.1, -0.05) is 18.2 Å². The lowest BCUT2D eigenvalue weighted by molar-refractivity contribution is 0.263. The molecule has 1 saturated heterocycles. The molecule has 0 spiro atoms. The van der Waals surface area contributed by atoms with E-state index in [0.29, 0.717) is 23.9 Å². The molecule has 0 amide bonds. The van der Waals surface area contributed by atoms with Gasteiger partial charge in [0.2, 0.25) is 10.0 Å². The maximum absolute atomic E-state index is 13.1. The molecule has 0 radical (unpaired) electrons. The van der Waals surface area contributed by atoms with Crippen LogP contribution in [0.5, 0.6) is 0 Å². The van der Waals surface area contributed by atoms with Crippen LogP contribution in [0, 0.1) is 12.8 Å². The first-order valence-electron chi connectivity index (χ1n) is 7.67. The lowest BCUT2D eigenvalue weighted by atomic mass is 10.00. The Labute approximate surface area is 136 Å². The van der Waals surface area contributed by atoms with Gasteiger partial charge in [0.05, 0.1) is 0 Å². The van der Waals surface area contributed by atoms with E-state index in [1.807, 2.05) is 38.2 Å². The molecule has 1 fully saturated rings. The molecule has 1 aromatic carbocycles. The zero-order valence-corrected chi connectivity index (χ0v) is 14.6. The third-order valence-electron chi connectivity index (χ3n) is 4.29. The van der Waals surface area contributed by atoms with Gasteiger partial charge < -0.3 is 5.32 Å². The van der Waals surface area contributed by atoms with Crippen LogP contribution in [-0.4, -0.2) is 39.4 Å². The topological polar surface area (TPSA) is 49.4 Å². The summed E-state index contributed by atoms with van der Waals surface area (Å²) in [6, 6.07) is 7.78. The van der Waals surface area contributed by atoms with Crippen LogP contribution in [0.4, 0.5) is 0 Å². The van der Waals surface area contributed by atoms with E-state index >= 15 is 0 Å². The number of sulfonamides is 1. The Hall–Kier alpha value is -0.950. The van der Waals surface area contributed by atoms with Gasteiger partial charge in [0, 0.05) is 28.1 Å². The number of aryl methyl sites for hydroxylation is 1. The summed E-state index contributed by atoms with van der Waals surface area (Å²) in [6.07, 6.45) is 2.03. The summed E-state index contributed by atoms with van der Waals surface area (Å²) < 4.78 is 29.0. The summed E-state index contributed by atoms with van der Waals surface area (Å²) in [5, 5.41) is 4.03. The number of hydrogen-bond donors (Lipinski definition) is 1. The highest BCUT2D eigenvalue weighted by atomic mass is 32.2. The molecule has 0 unspecified atom stereocenters. The molecule has 1 aliphatic rings. The molecular formula is C16H22N2O2S2. The Bertz CT molecular complexity index is 766. The minimum atomic E-state index is -3.41. The van der Waals surface area contributed by atoms with Crippen LogP contribution in [-0.2, 0) is 10.0 Å². The van der Waals surface area contributed by atoms with E-state index in [1.54, 1.807) is 15.6 Å². The molecule has 120 valence electrons. The van der Waals surface area contributed by atoms with Crippen LogP contribution >= 0.6 is 11.3 Å². The Morgan fingerprint density at radius 2 is 2.14 bits per heavy atom. The lowest BCUT2D eigenvalue weighted by Gasteiger charge is -2.32. The summed E-state index contributed by atoms with van der Waals surface area (Å²) in [5.74, 6) is 0.402. The monoisotopic (exact) mass is 338 g/mol. The van der Waals surface area contributed by atoms with E-state index in [1.165, 1.54) is 0 Å². The number of nitrogens with one attached hydrogen (secondary N) is 1. The fourth-order valence-corrected chi connectivity index (χ4v) is 6.61. The van der Waals surface area contributed by atoms with E-state index < -0.39 is 10.0 Å². The normalized spacial score (nSPS) is 20.5. The Balaban J connectivity index is 1.99. The fourth-order valence-electron chi connectivity index (χ4n) is 3.29. The Morgan fingerprint density at radius 3 is 2.91 bits per heavy atom. The standard InChI is InChI=1S/C16H22N2O2S2/c1-12-16(14-7-3-4-8-15(14)21-12)22(19,20)18-9-5-6-13(11-18)10-17-2/h3-4,7-8,13,17H,5-6,9-11H2,1-2H3/t13-/m1/s1. The van der Waals surface area contributed by atoms with Crippen molar-refractivity contribution in [2.45, 2.75) is 24.7 Å². The first kappa shape index (κ1) is 15.9. The van der Waals surface area contributed by atoms with Gasteiger partial charge in [-0.15, -0.1) is 11.3 Å².